The van der Waals surface area contributed by atoms with Gasteiger partial charge in [0, 0.05) is 6.04 Å². The molecule has 0 spiro atoms. The number of rotatable bonds is 3. The molecule has 1 nitrogen and oxygen atoms in total. The van der Waals surface area contributed by atoms with E-state index < -0.39 is 0 Å². The average Bonchev–Trinajstić information content (AvgIpc) is 2.93. The van der Waals surface area contributed by atoms with Gasteiger partial charge in [-0.15, -0.1) is 0 Å². The molecule has 1 saturated carbocycles. The van der Waals surface area contributed by atoms with E-state index in [2.05, 4.69) is 41.5 Å². The Morgan fingerprint density at radius 1 is 0.850 bits per heavy atom. The molecule has 0 aliphatic heterocycles. The monoisotopic (exact) mass is 273 g/mol. The zero-order valence-corrected chi connectivity index (χ0v) is 14.2. The number of hydrogen-bond donors (Lipinski definition) is 1. The van der Waals surface area contributed by atoms with Crippen LogP contribution in [-0.2, 0) is 0 Å². The van der Waals surface area contributed by atoms with Crippen molar-refractivity contribution in [2.75, 3.05) is 0 Å². The van der Waals surface area contributed by atoms with Gasteiger partial charge in [0.1, 0.15) is 0 Å². The van der Waals surface area contributed by atoms with Crippen LogP contribution in [0.5, 0.6) is 0 Å². The molecule has 0 aromatic heterocycles. The second-order valence-electron chi connectivity index (χ2n) is 6.94. The quantitative estimate of drug-likeness (QED) is 0.805. The van der Waals surface area contributed by atoms with Crippen LogP contribution in [0.4, 0.5) is 0 Å². The Morgan fingerprint density at radius 3 is 1.65 bits per heavy atom. The average molecular weight is 273 g/mol. The van der Waals surface area contributed by atoms with E-state index in [0.717, 1.165) is 0 Å². The van der Waals surface area contributed by atoms with Crippen LogP contribution in [0, 0.1) is 40.0 Å². The summed E-state index contributed by atoms with van der Waals surface area (Å²) in [5.74, 6) is 0. The van der Waals surface area contributed by atoms with Gasteiger partial charge >= 0.3 is 0 Å². The highest BCUT2D eigenvalue weighted by Crippen LogP contribution is 2.50. The lowest BCUT2D eigenvalue weighted by Crippen LogP contribution is -2.33. The van der Waals surface area contributed by atoms with Crippen molar-refractivity contribution in [2.45, 2.75) is 79.7 Å². The number of hydrogen-bond acceptors (Lipinski definition) is 1. The fraction of sp³-hybridized carbons (Fsp3) is 0.684. The SMILES string of the molecule is CCC1(C(N)c2c(C)c(C)c(C)c(C)c2C)CCCC1. The van der Waals surface area contributed by atoms with Gasteiger partial charge in [-0.2, -0.15) is 0 Å². The first-order chi connectivity index (χ1) is 9.35. The maximum Gasteiger partial charge on any atom is 0.0357 e. The van der Waals surface area contributed by atoms with E-state index in [4.69, 9.17) is 5.73 Å². The van der Waals surface area contributed by atoms with Crippen LogP contribution in [0.15, 0.2) is 0 Å². The second-order valence-corrected chi connectivity index (χ2v) is 6.94. The maximum atomic E-state index is 6.84. The van der Waals surface area contributed by atoms with Crippen LogP contribution in [0.2, 0.25) is 0 Å². The molecule has 112 valence electrons. The van der Waals surface area contributed by atoms with E-state index in [1.165, 1.54) is 65.5 Å². The predicted molar refractivity (Wildman–Crippen MR) is 88.2 cm³/mol. The smallest absolute Gasteiger partial charge is 0.0357 e. The van der Waals surface area contributed by atoms with Gasteiger partial charge in [-0.05, 0) is 92.7 Å². The molecule has 1 aliphatic carbocycles. The zero-order chi connectivity index (χ0) is 15.1. The molecule has 0 bridgehead atoms. The van der Waals surface area contributed by atoms with Crippen LogP contribution in [-0.4, -0.2) is 0 Å². The highest BCUT2D eigenvalue weighted by atomic mass is 14.7. The summed E-state index contributed by atoms with van der Waals surface area (Å²) < 4.78 is 0. The summed E-state index contributed by atoms with van der Waals surface area (Å²) in [7, 11) is 0. The van der Waals surface area contributed by atoms with Gasteiger partial charge in [0.05, 0.1) is 0 Å². The third kappa shape index (κ3) is 2.20. The molecule has 1 fully saturated rings. The van der Waals surface area contributed by atoms with Crippen molar-refractivity contribution in [3.05, 3.63) is 33.4 Å². The van der Waals surface area contributed by atoms with Crippen molar-refractivity contribution in [1.82, 2.24) is 0 Å². The first kappa shape index (κ1) is 15.6. The standard InChI is InChI=1S/C19H31N/c1-7-19(10-8-9-11-19)18(20)17-15(5)13(3)12(2)14(4)16(17)6/h18H,7-11,20H2,1-6H3. The summed E-state index contributed by atoms with van der Waals surface area (Å²) in [6, 6.07) is 0.202. The van der Waals surface area contributed by atoms with E-state index in [9.17, 15) is 0 Å². The molecule has 2 rings (SSSR count). The summed E-state index contributed by atoms with van der Waals surface area (Å²) in [6.07, 6.45) is 6.51. The van der Waals surface area contributed by atoms with Crippen LogP contribution >= 0.6 is 0 Å². The van der Waals surface area contributed by atoms with Gasteiger partial charge in [-0.3, -0.25) is 0 Å². The van der Waals surface area contributed by atoms with E-state index in [1.807, 2.05) is 0 Å². The highest BCUT2D eigenvalue weighted by Gasteiger charge is 2.40. The summed E-state index contributed by atoms with van der Waals surface area (Å²) in [5.41, 5.74) is 15.8. The fourth-order valence-corrected chi connectivity index (χ4v) is 4.27. The molecule has 1 aromatic rings. The predicted octanol–water partition coefficient (Wildman–Crippen LogP) is 5.20. The van der Waals surface area contributed by atoms with Gasteiger partial charge in [0.2, 0.25) is 0 Å². The topological polar surface area (TPSA) is 26.0 Å². The zero-order valence-electron chi connectivity index (χ0n) is 14.2. The third-order valence-corrected chi connectivity index (χ3v) is 6.33. The molecular formula is C19H31N. The molecule has 0 radical (unpaired) electrons. The molecular weight excluding hydrogens is 242 g/mol. The summed E-state index contributed by atoms with van der Waals surface area (Å²) >= 11 is 0. The van der Waals surface area contributed by atoms with Gasteiger partial charge in [0.15, 0.2) is 0 Å². The minimum Gasteiger partial charge on any atom is -0.323 e. The molecule has 20 heavy (non-hydrogen) atoms. The van der Waals surface area contributed by atoms with Crippen molar-refractivity contribution in [3.63, 3.8) is 0 Å². The van der Waals surface area contributed by atoms with Gasteiger partial charge in [-0.25, -0.2) is 0 Å². The van der Waals surface area contributed by atoms with E-state index in [-0.39, 0.29) is 6.04 Å². The minimum absolute atomic E-state index is 0.202. The van der Waals surface area contributed by atoms with E-state index in [0.29, 0.717) is 5.41 Å². The van der Waals surface area contributed by atoms with Crippen molar-refractivity contribution in [2.24, 2.45) is 11.1 Å². The lowest BCUT2D eigenvalue weighted by Gasteiger charge is -2.37. The first-order valence-corrected chi connectivity index (χ1v) is 8.18. The van der Waals surface area contributed by atoms with Crippen LogP contribution < -0.4 is 5.73 Å². The van der Waals surface area contributed by atoms with Crippen LogP contribution in [0.1, 0.15) is 78.5 Å². The Morgan fingerprint density at radius 2 is 1.25 bits per heavy atom. The summed E-state index contributed by atoms with van der Waals surface area (Å²) in [5, 5.41) is 0. The Hall–Kier alpha value is -0.820. The van der Waals surface area contributed by atoms with Gasteiger partial charge < -0.3 is 5.73 Å². The normalized spacial score (nSPS) is 19.4. The molecule has 1 unspecified atom stereocenters. The second kappa shape index (κ2) is 5.52. The molecule has 0 amide bonds. The van der Waals surface area contributed by atoms with Crippen LogP contribution in [0.25, 0.3) is 0 Å². The van der Waals surface area contributed by atoms with Gasteiger partial charge in [-0.1, -0.05) is 19.8 Å². The lowest BCUT2D eigenvalue weighted by atomic mass is 9.71. The van der Waals surface area contributed by atoms with Gasteiger partial charge in [0.25, 0.3) is 0 Å². The Bertz CT molecular complexity index is 478. The molecule has 0 saturated heterocycles. The van der Waals surface area contributed by atoms with Crippen LogP contribution in [0.3, 0.4) is 0 Å². The van der Waals surface area contributed by atoms with E-state index in [1.54, 1.807) is 0 Å². The Labute approximate surface area is 125 Å². The van der Waals surface area contributed by atoms with Crippen molar-refractivity contribution < 1.29 is 0 Å². The molecule has 1 heteroatoms. The highest BCUT2D eigenvalue weighted by molar-refractivity contribution is 5.51. The first-order valence-electron chi connectivity index (χ1n) is 8.18. The minimum atomic E-state index is 0.202. The molecule has 1 aliphatic rings. The summed E-state index contributed by atoms with van der Waals surface area (Å²) in [6.45, 7) is 13.6. The molecule has 0 heterocycles. The van der Waals surface area contributed by atoms with Crippen molar-refractivity contribution >= 4 is 0 Å². The Balaban J connectivity index is 2.58. The summed E-state index contributed by atoms with van der Waals surface area (Å²) in [4.78, 5) is 0. The van der Waals surface area contributed by atoms with Crippen molar-refractivity contribution in [1.29, 1.82) is 0 Å². The van der Waals surface area contributed by atoms with Crippen molar-refractivity contribution in [3.8, 4) is 0 Å². The number of benzene rings is 1. The lowest BCUT2D eigenvalue weighted by molar-refractivity contribution is 0.221. The fourth-order valence-electron chi connectivity index (χ4n) is 4.27. The largest absolute Gasteiger partial charge is 0.323 e. The van der Waals surface area contributed by atoms with E-state index >= 15 is 0 Å². The number of nitrogens with two attached hydrogens (primary N) is 1. The maximum absolute atomic E-state index is 6.84. The Kier molecular flexibility index (Phi) is 4.30. The third-order valence-electron chi connectivity index (χ3n) is 6.33. The molecule has 1 aromatic carbocycles. The molecule has 2 N–H and O–H groups in total. The molecule has 1 atom stereocenters.